The summed E-state index contributed by atoms with van der Waals surface area (Å²) >= 11 is 0. The Morgan fingerprint density at radius 3 is 2.69 bits per heavy atom. The molecule has 0 aromatic heterocycles. The average Bonchev–Trinajstić information content (AvgIpc) is 2.94. The molecular formula is C21H27N3O5. The molecule has 1 aliphatic carbocycles. The van der Waals surface area contributed by atoms with Gasteiger partial charge in [0.05, 0.1) is 0 Å². The van der Waals surface area contributed by atoms with E-state index in [0.717, 1.165) is 29.7 Å². The lowest BCUT2D eigenvalue weighted by Crippen LogP contribution is -2.54. The van der Waals surface area contributed by atoms with Gasteiger partial charge in [-0.05, 0) is 31.2 Å². The number of imide groups is 1. The Balaban J connectivity index is 1.52. The Morgan fingerprint density at radius 1 is 1.28 bits per heavy atom. The number of hydrogen-bond donors (Lipinski definition) is 2. The van der Waals surface area contributed by atoms with Crippen LogP contribution in [0.2, 0.25) is 0 Å². The zero-order valence-corrected chi connectivity index (χ0v) is 16.8. The second-order valence-corrected chi connectivity index (χ2v) is 7.78. The Kier molecular flexibility index (Phi) is 6.20. The van der Waals surface area contributed by atoms with Crippen molar-refractivity contribution < 1.29 is 23.9 Å². The summed E-state index contributed by atoms with van der Waals surface area (Å²) in [7, 11) is 0. The van der Waals surface area contributed by atoms with Crippen molar-refractivity contribution in [2.24, 2.45) is 5.92 Å². The highest BCUT2D eigenvalue weighted by atomic mass is 16.5. The van der Waals surface area contributed by atoms with E-state index in [-0.39, 0.29) is 11.8 Å². The zero-order chi connectivity index (χ0) is 21.0. The topological polar surface area (TPSA) is 105 Å². The first-order valence-corrected chi connectivity index (χ1v) is 9.98. The Bertz CT molecular complexity index is 797. The van der Waals surface area contributed by atoms with E-state index in [4.69, 9.17) is 4.74 Å². The van der Waals surface area contributed by atoms with Gasteiger partial charge in [-0.15, -0.1) is 0 Å². The number of rotatable bonds is 6. The first-order chi connectivity index (χ1) is 13.8. The van der Waals surface area contributed by atoms with E-state index in [9.17, 15) is 19.2 Å². The average molecular weight is 401 g/mol. The lowest BCUT2D eigenvalue weighted by atomic mass is 9.73. The molecule has 4 amide bonds. The molecule has 8 heteroatoms. The summed E-state index contributed by atoms with van der Waals surface area (Å²) < 4.78 is 5.14. The molecule has 1 heterocycles. The van der Waals surface area contributed by atoms with Crippen LogP contribution in [-0.2, 0) is 25.7 Å². The van der Waals surface area contributed by atoms with Gasteiger partial charge in [-0.1, -0.05) is 50.1 Å². The second-order valence-electron chi connectivity index (χ2n) is 7.78. The molecule has 8 nitrogen and oxygen atoms in total. The van der Waals surface area contributed by atoms with Crippen molar-refractivity contribution in [3.63, 3.8) is 0 Å². The molecule has 29 heavy (non-hydrogen) atoms. The molecule has 1 saturated heterocycles. The van der Waals surface area contributed by atoms with E-state index >= 15 is 0 Å². The van der Waals surface area contributed by atoms with Crippen molar-refractivity contribution in [1.29, 1.82) is 0 Å². The lowest BCUT2D eigenvalue weighted by molar-refractivity contribution is -0.157. The number of nitrogens with one attached hydrogen (secondary N) is 2. The molecule has 2 aliphatic rings. The standard InChI is InChI=1S/C21H27N3O5/c1-14-8-6-7-11-21(14)19(27)24(20(28)23-21)13-17(25)29-15(2)18(26)22-12-16-9-4-3-5-10-16/h3-5,9-10,14-15H,6-8,11-13H2,1-2H3,(H,22,26)(H,23,28)/t14-,15-,21+/m0/s1. The summed E-state index contributed by atoms with van der Waals surface area (Å²) in [6.07, 6.45) is 2.26. The number of benzene rings is 1. The van der Waals surface area contributed by atoms with Crippen LogP contribution in [0.4, 0.5) is 4.79 Å². The molecule has 3 atom stereocenters. The second kappa shape index (κ2) is 8.63. The molecule has 1 spiro atoms. The van der Waals surface area contributed by atoms with Gasteiger partial charge in [0.15, 0.2) is 6.10 Å². The molecule has 1 aliphatic heterocycles. The van der Waals surface area contributed by atoms with Crippen molar-refractivity contribution in [2.75, 3.05) is 6.54 Å². The molecule has 1 saturated carbocycles. The normalized spacial score (nSPS) is 24.9. The molecule has 0 bridgehead atoms. The maximum Gasteiger partial charge on any atom is 0.327 e. The number of ether oxygens (including phenoxy) is 1. The summed E-state index contributed by atoms with van der Waals surface area (Å²) in [5.74, 6) is -1.61. The third kappa shape index (κ3) is 4.41. The number of urea groups is 1. The Labute approximate surface area is 170 Å². The molecular weight excluding hydrogens is 374 g/mol. The van der Waals surface area contributed by atoms with Gasteiger partial charge in [0.2, 0.25) is 0 Å². The highest BCUT2D eigenvalue weighted by Crippen LogP contribution is 2.38. The van der Waals surface area contributed by atoms with Crippen LogP contribution in [0.25, 0.3) is 0 Å². The maximum atomic E-state index is 12.9. The van der Waals surface area contributed by atoms with Gasteiger partial charge in [-0.2, -0.15) is 0 Å². The van der Waals surface area contributed by atoms with Gasteiger partial charge >= 0.3 is 12.0 Å². The van der Waals surface area contributed by atoms with Gasteiger partial charge in [0.25, 0.3) is 11.8 Å². The highest BCUT2D eigenvalue weighted by molar-refractivity contribution is 6.09. The van der Waals surface area contributed by atoms with Crippen LogP contribution in [0.15, 0.2) is 30.3 Å². The summed E-state index contributed by atoms with van der Waals surface area (Å²) in [5, 5.41) is 5.48. The summed E-state index contributed by atoms with van der Waals surface area (Å²) in [5.41, 5.74) is -0.000472. The van der Waals surface area contributed by atoms with Crippen LogP contribution in [0.3, 0.4) is 0 Å². The lowest BCUT2D eigenvalue weighted by Gasteiger charge is -2.36. The van der Waals surface area contributed by atoms with E-state index in [1.165, 1.54) is 6.92 Å². The first kappa shape index (κ1) is 20.8. The minimum absolute atomic E-state index is 0.0106. The number of amides is 4. The predicted molar refractivity (Wildman–Crippen MR) is 104 cm³/mol. The van der Waals surface area contributed by atoms with E-state index in [1.807, 2.05) is 37.3 Å². The third-order valence-electron chi connectivity index (χ3n) is 5.78. The van der Waals surface area contributed by atoms with Crippen LogP contribution in [0.5, 0.6) is 0 Å². The minimum atomic E-state index is -1.03. The quantitative estimate of drug-likeness (QED) is 0.558. The molecule has 2 fully saturated rings. The van der Waals surface area contributed by atoms with E-state index < -0.39 is 36.1 Å². The first-order valence-electron chi connectivity index (χ1n) is 9.98. The Morgan fingerprint density at radius 2 is 2.00 bits per heavy atom. The number of carbonyl (C=O) groups excluding carboxylic acids is 4. The fraction of sp³-hybridized carbons (Fsp3) is 0.524. The largest absolute Gasteiger partial charge is 0.451 e. The van der Waals surface area contributed by atoms with Crippen LogP contribution < -0.4 is 10.6 Å². The van der Waals surface area contributed by atoms with Gasteiger partial charge < -0.3 is 15.4 Å². The number of esters is 1. The fourth-order valence-electron chi connectivity index (χ4n) is 3.98. The van der Waals surface area contributed by atoms with Crippen molar-refractivity contribution in [3.05, 3.63) is 35.9 Å². The molecule has 0 unspecified atom stereocenters. The molecule has 156 valence electrons. The van der Waals surface area contributed by atoms with Crippen molar-refractivity contribution >= 4 is 23.8 Å². The summed E-state index contributed by atoms with van der Waals surface area (Å²) in [4.78, 5) is 50.5. The number of carbonyl (C=O) groups is 4. The van der Waals surface area contributed by atoms with Gasteiger partial charge in [-0.3, -0.25) is 19.3 Å². The predicted octanol–water partition coefficient (Wildman–Crippen LogP) is 1.74. The van der Waals surface area contributed by atoms with Crippen molar-refractivity contribution in [3.8, 4) is 0 Å². The Hall–Kier alpha value is -2.90. The molecule has 1 aromatic rings. The summed E-state index contributed by atoms with van der Waals surface area (Å²) in [6.45, 7) is 3.21. The number of nitrogens with zero attached hydrogens (tertiary/aromatic N) is 1. The number of hydrogen-bond acceptors (Lipinski definition) is 5. The monoisotopic (exact) mass is 401 g/mol. The highest BCUT2D eigenvalue weighted by Gasteiger charge is 2.55. The zero-order valence-electron chi connectivity index (χ0n) is 16.8. The van der Waals surface area contributed by atoms with E-state index in [2.05, 4.69) is 10.6 Å². The van der Waals surface area contributed by atoms with Crippen molar-refractivity contribution in [2.45, 2.75) is 57.7 Å². The SMILES string of the molecule is C[C@H](OC(=O)CN1C(=O)N[C@@]2(CCCC[C@@H]2C)C1=O)C(=O)NCc1ccccc1. The van der Waals surface area contributed by atoms with Crippen LogP contribution in [0, 0.1) is 5.92 Å². The van der Waals surface area contributed by atoms with E-state index in [0.29, 0.717) is 13.0 Å². The molecule has 3 rings (SSSR count). The smallest absolute Gasteiger partial charge is 0.327 e. The van der Waals surface area contributed by atoms with Gasteiger partial charge in [-0.25, -0.2) is 4.79 Å². The summed E-state index contributed by atoms with van der Waals surface area (Å²) in [6, 6.07) is 8.77. The maximum absolute atomic E-state index is 12.9. The molecule has 2 N–H and O–H groups in total. The molecule has 0 radical (unpaired) electrons. The fourth-order valence-corrected chi connectivity index (χ4v) is 3.98. The minimum Gasteiger partial charge on any atom is -0.451 e. The van der Waals surface area contributed by atoms with Gasteiger partial charge in [0.1, 0.15) is 12.1 Å². The molecule has 1 aromatic carbocycles. The van der Waals surface area contributed by atoms with E-state index in [1.54, 1.807) is 0 Å². The van der Waals surface area contributed by atoms with Crippen LogP contribution >= 0.6 is 0 Å². The van der Waals surface area contributed by atoms with Gasteiger partial charge in [0, 0.05) is 6.54 Å². The van der Waals surface area contributed by atoms with Crippen LogP contribution in [0.1, 0.15) is 45.1 Å². The van der Waals surface area contributed by atoms with Crippen molar-refractivity contribution in [1.82, 2.24) is 15.5 Å². The van der Waals surface area contributed by atoms with Crippen LogP contribution in [-0.4, -0.2) is 46.9 Å². The third-order valence-corrected chi connectivity index (χ3v) is 5.78.